The van der Waals surface area contributed by atoms with Crippen molar-refractivity contribution in [3.05, 3.63) is 81.8 Å². The molecule has 3 nitrogen and oxygen atoms in total. The second-order valence-corrected chi connectivity index (χ2v) is 5.06. The second-order valence-electron chi connectivity index (χ2n) is 5.06. The molecular formula is C17H11F3N2O. The maximum absolute atomic E-state index is 12.6. The molecule has 1 aromatic heterocycles. The summed E-state index contributed by atoms with van der Waals surface area (Å²) >= 11 is 0. The van der Waals surface area contributed by atoms with Gasteiger partial charge in [-0.2, -0.15) is 13.2 Å². The van der Waals surface area contributed by atoms with E-state index in [1.165, 1.54) is 18.3 Å². The molecule has 3 aromatic rings. The molecule has 0 aliphatic rings. The van der Waals surface area contributed by atoms with Crippen LogP contribution in [0, 0.1) is 0 Å². The Morgan fingerprint density at radius 1 is 0.913 bits per heavy atom. The predicted molar refractivity (Wildman–Crippen MR) is 80.1 cm³/mol. The van der Waals surface area contributed by atoms with Crippen molar-refractivity contribution in [2.24, 2.45) is 0 Å². The molecule has 0 saturated carbocycles. The summed E-state index contributed by atoms with van der Waals surface area (Å²) in [6.07, 6.45) is -2.77. The lowest BCUT2D eigenvalue weighted by Crippen LogP contribution is -2.10. The average Bonchev–Trinajstić information content (AvgIpc) is 2.66. The molecule has 0 bridgehead atoms. The lowest BCUT2D eigenvalue weighted by molar-refractivity contribution is -0.137. The zero-order valence-corrected chi connectivity index (χ0v) is 11.8. The zero-order chi connectivity index (χ0) is 16.4. The van der Waals surface area contributed by atoms with Gasteiger partial charge in [0.05, 0.1) is 16.6 Å². The van der Waals surface area contributed by atoms with Crippen molar-refractivity contribution < 1.29 is 13.2 Å². The largest absolute Gasteiger partial charge is 0.416 e. The van der Waals surface area contributed by atoms with E-state index in [-0.39, 0.29) is 6.42 Å². The average molecular weight is 316 g/mol. The molecule has 0 atom stereocenters. The Morgan fingerprint density at radius 2 is 1.57 bits per heavy atom. The Hall–Kier alpha value is -2.76. The van der Waals surface area contributed by atoms with Gasteiger partial charge < -0.3 is 0 Å². The zero-order valence-electron chi connectivity index (χ0n) is 11.8. The number of fused-ring (bicyclic) bond motifs is 1. The van der Waals surface area contributed by atoms with Crippen molar-refractivity contribution in [2.75, 3.05) is 0 Å². The number of para-hydroxylation sites is 2. The van der Waals surface area contributed by atoms with Crippen LogP contribution in [-0.4, -0.2) is 9.97 Å². The summed E-state index contributed by atoms with van der Waals surface area (Å²) in [6, 6.07) is 11.7. The van der Waals surface area contributed by atoms with Crippen LogP contribution in [0.25, 0.3) is 11.0 Å². The Balaban J connectivity index is 1.95. The molecule has 23 heavy (non-hydrogen) atoms. The van der Waals surface area contributed by atoms with E-state index in [0.717, 1.165) is 12.1 Å². The predicted octanol–water partition coefficient (Wildman–Crippen LogP) is 3.60. The highest BCUT2D eigenvalue weighted by Crippen LogP contribution is 2.29. The molecule has 2 aromatic carbocycles. The van der Waals surface area contributed by atoms with Crippen LogP contribution in [0.2, 0.25) is 0 Å². The van der Waals surface area contributed by atoms with Gasteiger partial charge in [-0.25, -0.2) is 4.98 Å². The molecule has 0 radical (unpaired) electrons. The quantitative estimate of drug-likeness (QED) is 0.725. The normalized spacial score (nSPS) is 11.6. The lowest BCUT2D eigenvalue weighted by atomic mass is 10.1. The molecule has 0 saturated heterocycles. The van der Waals surface area contributed by atoms with Gasteiger partial charge in [0.25, 0.3) is 5.56 Å². The first-order valence-electron chi connectivity index (χ1n) is 6.84. The van der Waals surface area contributed by atoms with E-state index in [4.69, 9.17) is 0 Å². The smallest absolute Gasteiger partial charge is 0.267 e. The van der Waals surface area contributed by atoms with E-state index in [0.29, 0.717) is 22.2 Å². The number of benzene rings is 2. The minimum atomic E-state index is -4.37. The molecule has 0 amide bonds. The highest BCUT2D eigenvalue weighted by molar-refractivity contribution is 5.72. The third-order valence-corrected chi connectivity index (χ3v) is 3.41. The Labute approximate surface area is 129 Å². The fraction of sp³-hybridized carbons (Fsp3) is 0.118. The number of aromatic nitrogens is 2. The highest BCUT2D eigenvalue weighted by atomic mass is 19.4. The molecule has 0 fully saturated rings. The van der Waals surface area contributed by atoms with Crippen LogP contribution >= 0.6 is 0 Å². The number of hydrogen-bond acceptors (Lipinski definition) is 3. The van der Waals surface area contributed by atoms with E-state index in [9.17, 15) is 18.0 Å². The summed E-state index contributed by atoms with van der Waals surface area (Å²) in [5, 5.41) is 0. The van der Waals surface area contributed by atoms with Crippen molar-refractivity contribution in [1.82, 2.24) is 9.97 Å². The Bertz CT molecular complexity index is 906. The fourth-order valence-electron chi connectivity index (χ4n) is 2.20. The third-order valence-electron chi connectivity index (χ3n) is 3.41. The standard InChI is InChI=1S/C17H11F3N2O/c18-17(19,20)13-7-5-11(6-8-13)9-12-10-21-14-3-1-2-4-15(14)22-16(12)23/h1-8,10H,9H2. The van der Waals surface area contributed by atoms with Crippen molar-refractivity contribution in [3.63, 3.8) is 0 Å². The summed E-state index contributed by atoms with van der Waals surface area (Å²) < 4.78 is 37.7. The molecule has 3 rings (SSSR count). The molecule has 0 unspecified atom stereocenters. The highest BCUT2D eigenvalue weighted by Gasteiger charge is 2.29. The topological polar surface area (TPSA) is 42.9 Å². The van der Waals surface area contributed by atoms with Gasteiger partial charge in [-0.05, 0) is 29.8 Å². The van der Waals surface area contributed by atoms with Crippen molar-refractivity contribution in [3.8, 4) is 0 Å². The number of halogens is 3. The van der Waals surface area contributed by atoms with Gasteiger partial charge in [0.2, 0.25) is 0 Å². The summed E-state index contributed by atoms with van der Waals surface area (Å²) in [6.45, 7) is 0. The maximum atomic E-state index is 12.6. The first-order valence-corrected chi connectivity index (χ1v) is 6.84. The van der Waals surface area contributed by atoms with Crippen LogP contribution in [0.4, 0.5) is 13.2 Å². The summed E-state index contributed by atoms with van der Waals surface area (Å²) in [5.41, 5.74) is 0.845. The van der Waals surface area contributed by atoms with Crippen molar-refractivity contribution in [2.45, 2.75) is 12.6 Å². The summed E-state index contributed by atoms with van der Waals surface area (Å²) in [4.78, 5) is 20.3. The van der Waals surface area contributed by atoms with E-state index in [1.807, 2.05) is 0 Å². The van der Waals surface area contributed by atoms with Crippen LogP contribution in [0.3, 0.4) is 0 Å². The van der Waals surface area contributed by atoms with E-state index < -0.39 is 17.3 Å². The third kappa shape index (κ3) is 3.36. The number of nitrogens with zero attached hydrogens (tertiary/aromatic N) is 2. The van der Waals surface area contributed by atoms with E-state index in [2.05, 4.69) is 9.97 Å². The van der Waals surface area contributed by atoms with Gasteiger partial charge in [0, 0.05) is 18.2 Å². The van der Waals surface area contributed by atoms with E-state index in [1.54, 1.807) is 24.3 Å². The van der Waals surface area contributed by atoms with Gasteiger partial charge in [0.15, 0.2) is 0 Å². The van der Waals surface area contributed by atoms with Crippen LogP contribution in [0.15, 0.2) is 59.5 Å². The molecule has 116 valence electrons. The van der Waals surface area contributed by atoms with Crippen LogP contribution < -0.4 is 5.56 Å². The van der Waals surface area contributed by atoms with Gasteiger partial charge in [-0.15, -0.1) is 0 Å². The van der Waals surface area contributed by atoms with Gasteiger partial charge in [-0.1, -0.05) is 24.3 Å². The number of hydrogen-bond donors (Lipinski definition) is 0. The minimum Gasteiger partial charge on any atom is -0.267 e. The maximum Gasteiger partial charge on any atom is 0.416 e. The van der Waals surface area contributed by atoms with Crippen LogP contribution in [0.5, 0.6) is 0 Å². The molecule has 0 N–H and O–H groups in total. The molecule has 0 spiro atoms. The molecule has 1 heterocycles. The summed E-state index contributed by atoms with van der Waals surface area (Å²) in [5.74, 6) is 0. The van der Waals surface area contributed by atoms with Gasteiger partial charge in [0.1, 0.15) is 0 Å². The first kappa shape index (κ1) is 15.1. The minimum absolute atomic E-state index is 0.179. The Morgan fingerprint density at radius 3 is 2.22 bits per heavy atom. The van der Waals surface area contributed by atoms with Crippen LogP contribution in [-0.2, 0) is 12.6 Å². The second kappa shape index (κ2) is 5.79. The Kier molecular flexibility index (Phi) is 3.82. The van der Waals surface area contributed by atoms with Gasteiger partial charge in [-0.3, -0.25) is 9.78 Å². The first-order chi connectivity index (χ1) is 10.9. The van der Waals surface area contributed by atoms with Gasteiger partial charge >= 0.3 is 6.18 Å². The monoisotopic (exact) mass is 316 g/mol. The SMILES string of the molecule is O=c1nc2ccccc2ncc1Cc1ccc(C(F)(F)F)cc1. The molecular weight excluding hydrogens is 305 g/mol. The molecule has 6 heteroatoms. The van der Waals surface area contributed by atoms with Crippen LogP contribution in [0.1, 0.15) is 16.7 Å². The number of rotatable bonds is 2. The molecule has 0 aliphatic carbocycles. The molecule has 0 aliphatic heterocycles. The van der Waals surface area contributed by atoms with Crippen molar-refractivity contribution >= 4 is 11.0 Å². The number of alkyl halides is 3. The summed E-state index contributed by atoms with van der Waals surface area (Å²) in [7, 11) is 0. The van der Waals surface area contributed by atoms with Crippen molar-refractivity contribution in [1.29, 1.82) is 0 Å². The van der Waals surface area contributed by atoms with E-state index >= 15 is 0 Å². The fourth-order valence-corrected chi connectivity index (χ4v) is 2.20. The lowest BCUT2D eigenvalue weighted by Gasteiger charge is -2.06.